The second-order valence-electron chi connectivity index (χ2n) is 7.90. The Morgan fingerprint density at radius 2 is 1.43 bits per heavy atom. The van der Waals surface area contributed by atoms with Crippen LogP contribution in [0.4, 0.5) is 0 Å². The van der Waals surface area contributed by atoms with Crippen molar-refractivity contribution in [3.8, 4) is 0 Å². The molecule has 0 aromatic rings. The molecule has 0 saturated heterocycles. The predicted molar refractivity (Wildman–Crippen MR) is 93.2 cm³/mol. The first-order valence-corrected chi connectivity index (χ1v) is 8.98. The zero-order chi connectivity index (χ0) is 18.2. The lowest BCUT2D eigenvalue weighted by molar-refractivity contribution is -0.177. The van der Waals surface area contributed by atoms with Crippen LogP contribution >= 0.6 is 0 Å². The summed E-state index contributed by atoms with van der Waals surface area (Å²) in [5, 5.41) is 9.74. The van der Waals surface area contributed by atoms with Gasteiger partial charge in [0.15, 0.2) is 5.41 Å². The van der Waals surface area contributed by atoms with E-state index in [2.05, 4.69) is 13.8 Å². The van der Waals surface area contributed by atoms with Gasteiger partial charge in [0.2, 0.25) is 0 Å². The van der Waals surface area contributed by atoms with E-state index in [4.69, 9.17) is 4.74 Å². The number of esters is 1. The summed E-state index contributed by atoms with van der Waals surface area (Å²) in [4.78, 5) is 24.6. The van der Waals surface area contributed by atoms with Gasteiger partial charge in [-0.25, -0.2) is 0 Å². The Labute approximate surface area is 142 Å². The standard InChI is InChI=1S/C19H36O4/c1-13(2)9-8-10-16(7)23-18(22)19(15(5)6,17(20)21)12-11-14(3)4/h13-16H,8-12H2,1-7H3,(H,20,21). The van der Waals surface area contributed by atoms with Crippen LogP contribution in [0.3, 0.4) is 0 Å². The first-order valence-electron chi connectivity index (χ1n) is 8.98. The van der Waals surface area contributed by atoms with E-state index in [9.17, 15) is 14.7 Å². The summed E-state index contributed by atoms with van der Waals surface area (Å²) in [6.07, 6.45) is 3.64. The molecule has 0 aliphatic rings. The summed E-state index contributed by atoms with van der Waals surface area (Å²) in [7, 11) is 0. The fourth-order valence-corrected chi connectivity index (χ4v) is 2.74. The van der Waals surface area contributed by atoms with E-state index in [-0.39, 0.29) is 12.0 Å². The number of aliphatic carboxylic acids is 1. The van der Waals surface area contributed by atoms with Crippen LogP contribution in [0.2, 0.25) is 0 Å². The molecule has 0 heterocycles. The topological polar surface area (TPSA) is 63.6 Å². The van der Waals surface area contributed by atoms with E-state index in [1.807, 2.05) is 20.8 Å². The minimum atomic E-state index is -1.43. The highest BCUT2D eigenvalue weighted by molar-refractivity contribution is 5.99. The molecule has 136 valence electrons. The minimum Gasteiger partial charge on any atom is -0.480 e. The van der Waals surface area contributed by atoms with Crippen LogP contribution < -0.4 is 0 Å². The molecule has 0 aromatic carbocycles. The SMILES string of the molecule is CC(C)CCCC(C)OC(=O)C(CCC(C)C)(C(=O)O)C(C)C. The van der Waals surface area contributed by atoms with E-state index < -0.39 is 17.4 Å². The van der Waals surface area contributed by atoms with Gasteiger partial charge >= 0.3 is 11.9 Å². The molecule has 0 aliphatic carbocycles. The van der Waals surface area contributed by atoms with Crippen LogP contribution in [-0.2, 0) is 14.3 Å². The number of rotatable bonds is 11. The third-order valence-electron chi connectivity index (χ3n) is 4.55. The average molecular weight is 328 g/mol. The number of carbonyl (C=O) groups excluding carboxylic acids is 1. The van der Waals surface area contributed by atoms with Gasteiger partial charge in [-0.2, -0.15) is 0 Å². The number of carboxylic acids is 1. The van der Waals surface area contributed by atoms with E-state index >= 15 is 0 Å². The molecule has 0 aromatic heterocycles. The van der Waals surface area contributed by atoms with Crippen LogP contribution in [0.25, 0.3) is 0 Å². The van der Waals surface area contributed by atoms with Crippen molar-refractivity contribution in [1.82, 2.24) is 0 Å². The van der Waals surface area contributed by atoms with Gasteiger partial charge in [0.1, 0.15) is 0 Å². The summed E-state index contributed by atoms with van der Waals surface area (Å²) in [5.74, 6) is -0.958. The van der Waals surface area contributed by atoms with Gasteiger partial charge in [-0.3, -0.25) is 9.59 Å². The fraction of sp³-hybridized carbons (Fsp3) is 0.895. The van der Waals surface area contributed by atoms with Crippen LogP contribution in [0.1, 0.15) is 80.6 Å². The molecule has 0 fully saturated rings. The third kappa shape index (κ3) is 6.92. The Hall–Kier alpha value is -1.06. The Kier molecular flexibility index (Phi) is 9.48. The molecule has 2 unspecified atom stereocenters. The van der Waals surface area contributed by atoms with Gasteiger partial charge in [0, 0.05) is 0 Å². The summed E-state index contributed by atoms with van der Waals surface area (Å²) in [6, 6.07) is 0. The highest BCUT2D eigenvalue weighted by Gasteiger charge is 2.50. The molecule has 0 radical (unpaired) electrons. The van der Waals surface area contributed by atoms with Crippen LogP contribution in [0.5, 0.6) is 0 Å². The second kappa shape index (κ2) is 9.94. The molecule has 2 atom stereocenters. The van der Waals surface area contributed by atoms with Crippen molar-refractivity contribution in [3.05, 3.63) is 0 Å². The molecular weight excluding hydrogens is 292 g/mol. The van der Waals surface area contributed by atoms with Gasteiger partial charge in [0.25, 0.3) is 0 Å². The van der Waals surface area contributed by atoms with Gasteiger partial charge in [-0.15, -0.1) is 0 Å². The first kappa shape index (κ1) is 21.9. The van der Waals surface area contributed by atoms with E-state index in [1.165, 1.54) is 0 Å². The molecule has 0 rings (SSSR count). The first-order chi connectivity index (χ1) is 10.5. The predicted octanol–water partition coefficient (Wildman–Crippen LogP) is 4.91. The molecule has 0 saturated carbocycles. The maximum absolute atomic E-state index is 12.7. The Bertz CT molecular complexity index is 374. The lowest BCUT2D eigenvalue weighted by Gasteiger charge is -2.32. The quantitative estimate of drug-likeness (QED) is 0.432. The molecule has 0 bridgehead atoms. The average Bonchev–Trinajstić information content (AvgIpc) is 2.37. The van der Waals surface area contributed by atoms with Crippen molar-refractivity contribution >= 4 is 11.9 Å². The maximum atomic E-state index is 12.7. The van der Waals surface area contributed by atoms with Crippen LogP contribution in [-0.4, -0.2) is 23.1 Å². The second-order valence-corrected chi connectivity index (χ2v) is 7.90. The van der Waals surface area contributed by atoms with Gasteiger partial charge < -0.3 is 9.84 Å². The van der Waals surface area contributed by atoms with Crippen molar-refractivity contribution in [2.45, 2.75) is 86.7 Å². The lowest BCUT2D eigenvalue weighted by atomic mass is 9.72. The fourth-order valence-electron chi connectivity index (χ4n) is 2.74. The van der Waals surface area contributed by atoms with Crippen molar-refractivity contribution in [3.63, 3.8) is 0 Å². The molecule has 23 heavy (non-hydrogen) atoms. The van der Waals surface area contributed by atoms with Crippen molar-refractivity contribution < 1.29 is 19.4 Å². The summed E-state index contributed by atoms with van der Waals surface area (Å²) in [6.45, 7) is 13.8. The zero-order valence-electron chi connectivity index (χ0n) is 16.0. The minimum absolute atomic E-state index is 0.238. The highest BCUT2D eigenvalue weighted by Crippen LogP contribution is 2.37. The molecule has 1 N–H and O–H groups in total. The monoisotopic (exact) mass is 328 g/mol. The van der Waals surface area contributed by atoms with E-state index in [0.29, 0.717) is 24.7 Å². The number of carbonyl (C=O) groups is 2. The molecule has 0 amide bonds. The van der Waals surface area contributed by atoms with Crippen LogP contribution in [0.15, 0.2) is 0 Å². The highest BCUT2D eigenvalue weighted by atomic mass is 16.5. The van der Waals surface area contributed by atoms with Crippen molar-refractivity contribution in [2.24, 2.45) is 23.2 Å². The Morgan fingerprint density at radius 3 is 1.83 bits per heavy atom. The largest absolute Gasteiger partial charge is 0.480 e. The molecule has 4 nitrogen and oxygen atoms in total. The van der Waals surface area contributed by atoms with Crippen molar-refractivity contribution in [1.29, 1.82) is 0 Å². The van der Waals surface area contributed by atoms with Crippen molar-refractivity contribution in [2.75, 3.05) is 0 Å². The summed E-state index contributed by atoms with van der Waals surface area (Å²) >= 11 is 0. The Balaban J connectivity index is 4.95. The van der Waals surface area contributed by atoms with E-state index in [1.54, 1.807) is 13.8 Å². The molecular formula is C19H36O4. The molecule has 0 aliphatic heterocycles. The smallest absolute Gasteiger partial charge is 0.324 e. The number of carboxylic acid groups (broad SMARTS) is 1. The van der Waals surface area contributed by atoms with E-state index in [0.717, 1.165) is 19.3 Å². The molecule has 0 spiro atoms. The Morgan fingerprint density at radius 1 is 0.913 bits per heavy atom. The number of hydrogen-bond donors (Lipinski definition) is 1. The van der Waals surface area contributed by atoms with Gasteiger partial charge in [-0.1, -0.05) is 48.0 Å². The molecule has 4 heteroatoms. The van der Waals surface area contributed by atoms with Gasteiger partial charge in [-0.05, 0) is 50.4 Å². The maximum Gasteiger partial charge on any atom is 0.324 e. The normalized spacial score (nSPS) is 15.7. The summed E-state index contributed by atoms with van der Waals surface area (Å²) in [5.41, 5.74) is -1.43. The van der Waals surface area contributed by atoms with Gasteiger partial charge in [0.05, 0.1) is 6.10 Å². The zero-order valence-corrected chi connectivity index (χ0v) is 16.0. The number of ether oxygens (including phenoxy) is 1. The van der Waals surface area contributed by atoms with Crippen LogP contribution in [0, 0.1) is 23.2 Å². The lowest BCUT2D eigenvalue weighted by Crippen LogP contribution is -2.46. The number of hydrogen-bond acceptors (Lipinski definition) is 3. The summed E-state index contributed by atoms with van der Waals surface area (Å²) < 4.78 is 5.53. The third-order valence-corrected chi connectivity index (χ3v) is 4.55.